The van der Waals surface area contributed by atoms with Gasteiger partial charge in [0.15, 0.2) is 5.69 Å². The molecule has 0 saturated carbocycles. The van der Waals surface area contributed by atoms with Gasteiger partial charge in [-0.2, -0.15) is 5.10 Å². The molecule has 1 aliphatic heterocycles. The zero-order valence-electron chi connectivity index (χ0n) is 9.80. The average molecular weight is 239 g/mol. The van der Waals surface area contributed by atoms with Crippen LogP contribution in [0.1, 0.15) is 10.5 Å². The molecule has 1 aromatic rings. The molecule has 1 aliphatic rings. The van der Waals surface area contributed by atoms with Crippen molar-refractivity contribution in [3.63, 3.8) is 0 Å². The van der Waals surface area contributed by atoms with Gasteiger partial charge in [-0.25, -0.2) is 0 Å². The number of rotatable bonds is 3. The topological polar surface area (TPSA) is 99.4 Å². The fraction of sp³-hybridized carbons (Fsp3) is 0.600. The van der Waals surface area contributed by atoms with Crippen LogP contribution in [0.25, 0.3) is 0 Å². The summed E-state index contributed by atoms with van der Waals surface area (Å²) >= 11 is 0. The van der Waals surface area contributed by atoms with Gasteiger partial charge in [0.1, 0.15) is 0 Å². The Hall–Kier alpha value is -1.60. The molecule has 1 unspecified atom stereocenters. The molecule has 1 atom stereocenters. The average Bonchev–Trinajstić information content (AvgIpc) is 2.59. The van der Waals surface area contributed by atoms with Crippen LogP contribution in [-0.2, 0) is 11.3 Å². The number of hydrogen-bond donors (Lipinski definition) is 2. The molecule has 1 aromatic heterocycles. The molecule has 0 aliphatic carbocycles. The number of aromatic nitrogens is 2. The van der Waals surface area contributed by atoms with Crippen molar-refractivity contribution in [2.24, 2.45) is 5.73 Å². The minimum Gasteiger partial charge on any atom is -0.396 e. The molecule has 0 spiro atoms. The monoisotopic (exact) mass is 239 g/mol. The van der Waals surface area contributed by atoms with Gasteiger partial charge in [0.2, 0.25) is 0 Å². The molecular weight excluding hydrogens is 222 g/mol. The summed E-state index contributed by atoms with van der Waals surface area (Å²) in [6.45, 7) is 3.05. The molecule has 94 valence electrons. The minimum atomic E-state index is -0.608. The third-order valence-corrected chi connectivity index (χ3v) is 2.76. The zero-order valence-corrected chi connectivity index (χ0v) is 9.80. The summed E-state index contributed by atoms with van der Waals surface area (Å²) in [5.41, 5.74) is 11.2. The van der Waals surface area contributed by atoms with E-state index in [9.17, 15) is 4.79 Å². The van der Waals surface area contributed by atoms with Crippen molar-refractivity contribution in [3.05, 3.63) is 11.9 Å². The number of anilines is 1. The molecule has 1 fully saturated rings. The number of hydrogen-bond acceptors (Lipinski definition) is 5. The Balaban J connectivity index is 2.03. The fourth-order valence-corrected chi connectivity index (χ4v) is 1.91. The molecule has 0 radical (unpaired) electrons. The van der Waals surface area contributed by atoms with E-state index in [-0.39, 0.29) is 11.8 Å². The standard InChI is InChI=1S/C10H17N5O2/c1-14-2-3-17-7(4-14)5-15-6-8(11)9(13-15)10(12)16/h6-7H,2-5,11H2,1H3,(H2,12,16). The van der Waals surface area contributed by atoms with Crippen molar-refractivity contribution < 1.29 is 9.53 Å². The molecule has 17 heavy (non-hydrogen) atoms. The first kappa shape index (κ1) is 11.9. The van der Waals surface area contributed by atoms with E-state index >= 15 is 0 Å². The van der Waals surface area contributed by atoms with Crippen LogP contribution in [0.5, 0.6) is 0 Å². The quantitative estimate of drug-likeness (QED) is 0.697. The van der Waals surface area contributed by atoms with Gasteiger partial charge in [0, 0.05) is 19.3 Å². The Bertz CT molecular complexity index is 417. The zero-order chi connectivity index (χ0) is 12.4. The third-order valence-electron chi connectivity index (χ3n) is 2.76. The van der Waals surface area contributed by atoms with Gasteiger partial charge < -0.3 is 21.1 Å². The van der Waals surface area contributed by atoms with Crippen molar-refractivity contribution in [3.8, 4) is 0 Å². The summed E-state index contributed by atoms with van der Waals surface area (Å²) in [6.07, 6.45) is 1.67. The number of morpholine rings is 1. The van der Waals surface area contributed by atoms with E-state index in [1.165, 1.54) is 0 Å². The summed E-state index contributed by atoms with van der Waals surface area (Å²) in [5, 5.41) is 4.05. The fourth-order valence-electron chi connectivity index (χ4n) is 1.91. The lowest BCUT2D eigenvalue weighted by Crippen LogP contribution is -2.42. The highest BCUT2D eigenvalue weighted by atomic mass is 16.5. The smallest absolute Gasteiger partial charge is 0.271 e. The number of carbonyl (C=O) groups excluding carboxylic acids is 1. The molecule has 1 amide bonds. The van der Waals surface area contributed by atoms with Crippen LogP contribution < -0.4 is 11.5 Å². The van der Waals surface area contributed by atoms with Gasteiger partial charge in [-0.1, -0.05) is 0 Å². The minimum absolute atomic E-state index is 0.0637. The van der Waals surface area contributed by atoms with Gasteiger partial charge in [-0.05, 0) is 7.05 Å². The van der Waals surface area contributed by atoms with Crippen LogP contribution in [0.15, 0.2) is 6.20 Å². The Labute approximate surface area is 99.3 Å². The van der Waals surface area contributed by atoms with E-state index in [1.807, 2.05) is 7.05 Å². The maximum Gasteiger partial charge on any atom is 0.271 e. The van der Waals surface area contributed by atoms with Gasteiger partial charge in [-0.15, -0.1) is 0 Å². The molecule has 1 saturated heterocycles. The lowest BCUT2D eigenvalue weighted by molar-refractivity contribution is -0.0290. The van der Waals surface area contributed by atoms with E-state index in [2.05, 4.69) is 10.00 Å². The SMILES string of the molecule is CN1CCOC(Cn2cc(N)c(C(N)=O)n2)C1. The van der Waals surface area contributed by atoms with Crippen LogP contribution in [0.3, 0.4) is 0 Å². The molecule has 0 bridgehead atoms. The summed E-state index contributed by atoms with van der Waals surface area (Å²) in [4.78, 5) is 13.2. The maximum atomic E-state index is 11.0. The molecule has 2 rings (SSSR count). The number of likely N-dealkylation sites (N-methyl/N-ethyl adjacent to an activating group) is 1. The largest absolute Gasteiger partial charge is 0.396 e. The number of carbonyl (C=O) groups is 1. The predicted octanol–water partition coefficient (Wildman–Crippen LogP) is -1.11. The molecule has 7 nitrogen and oxygen atoms in total. The number of amides is 1. The number of primary amides is 1. The first-order valence-electron chi connectivity index (χ1n) is 5.49. The lowest BCUT2D eigenvalue weighted by atomic mass is 10.3. The van der Waals surface area contributed by atoms with Gasteiger partial charge in [0.05, 0.1) is 24.9 Å². The summed E-state index contributed by atoms with van der Waals surface area (Å²) < 4.78 is 7.21. The van der Waals surface area contributed by atoms with Crippen LogP contribution >= 0.6 is 0 Å². The second kappa shape index (κ2) is 4.72. The lowest BCUT2D eigenvalue weighted by Gasteiger charge is -2.29. The molecule has 4 N–H and O–H groups in total. The maximum absolute atomic E-state index is 11.0. The van der Waals surface area contributed by atoms with Crippen LogP contribution in [0.4, 0.5) is 5.69 Å². The highest BCUT2D eigenvalue weighted by Gasteiger charge is 2.19. The van der Waals surface area contributed by atoms with Crippen molar-refractivity contribution in [2.45, 2.75) is 12.6 Å². The molecular formula is C10H17N5O2. The first-order chi connectivity index (χ1) is 8.06. The van der Waals surface area contributed by atoms with E-state index in [1.54, 1.807) is 10.9 Å². The molecule has 7 heteroatoms. The first-order valence-corrected chi connectivity index (χ1v) is 5.49. The number of nitrogen functional groups attached to an aromatic ring is 1. The Morgan fingerprint density at radius 1 is 1.71 bits per heavy atom. The van der Waals surface area contributed by atoms with Crippen LogP contribution in [0, 0.1) is 0 Å². The van der Waals surface area contributed by atoms with E-state index < -0.39 is 5.91 Å². The summed E-state index contributed by atoms with van der Waals surface area (Å²) in [7, 11) is 2.04. The number of nitrogens with zero attached hydrogens (tertiary/aromatic N) is 3. The van der Waals surface area contributed by atoms with Gasteiger partial charge in [0.25, 0.3) is 5.91 Å². The van der Waals surface area contributed by atoms with Crippen LogP contribution in [-0.4, -0.2) is 53.4 Å². The van der Waals surface area contributed by atoms with Gasteiger partial charge in [-0.3, -0.25) is 9.48 Å². The molecule has 2 heterocycles. The normalized spacial score (nSPS) is 21.6. The highest BCUT2D eigenvalue weighted by molar-refractivity contribution is 5.95. The van der Waals surface area contributed by atoms with Crippen molar-refractivity contribution in [2.75, 3.05) is 32.5 Å². The van der Waals surface area contributed by atoms with Crippen LogP contribution in [0.2, 0.25) is 0 Å². The Morgan fingerprint density at radius 3 is 3.06 bits per heavy atom. The predicted molar refractivity (Wildman–Crippen MR) is 62.4 cm³/mol. The Morgan fingerprint density at radius 2 is 2.47 bits per heavy atom. The third kappa shape index (κ3) is 2.75. The second-order valence-electron chi connectivity index (χ2n) is 4.27. The van der Waals surface area contributed by atoms with Crippen molar-refractivity contribution in [1.82, 2.24) is 14.7 Å². The second-order valence-corrected chi connectivity index (χ2v) is 4.27. The van der Waals surface area contributed by atoms with Crippen molar-refractivity contribution >= 4 is 11.6 Å². The Kier molecular flexibility index (Phi) is 3.30. The summed E-state index contributed by atoms with van der Waals surface area (Å²) in [5.74, 6) is -0.608. The van der Waals surface area contributed by atoms with Gasteiger partial charge >= 0.3 is 0 Å². The van der Waals surface area contributed by atoms with E-state index in [4.69, 9.17) is 16.2 Å². The van der Waals surface area contributed by atoms with E-state index in [0.29, 0.717) is 18.8 Å². The highest BCUT2D eigenvalue weighted by Crippen LogP contribution is 2.11. The number of ether oxygens (including phenoxy) is 1. The van der Waals surface area contributed by atoms with Crippen molar-refractivity contribution in [1.29, 1.82) is 0 Å². The summed E-state index contributed by atoms with van der Waals surface area (Å²) in [6, 6.07) is 0. The number of nitrogens with two attached hydrogens (primary N) is 2. The molecule has 0 aromatic carbocycles. The van der Waals surface area contributed by atoms with E-state index in [0.717, 1.165) is 13.1 Å².